The molecule has 7 rings (SSSR count). The highest BCUT2D eigenvalue weighted by molar-refractivity contribution is 6.33. The summed E-state index contributed by atoms with van der Waals surface area (Å²) in [6, 6.07) is 65.0. The number of carboxylic acids is 4. The van der Waals surface area contributed by atoms with Crippen molar-refractivity contribution >= 4 is 70.8 Å². The summed E-state index contributed by atoms with van der Waals surface area (Å²) in [6.07, 6.45) is 2.19. The maximum absolute atomic E-state index is 13.0. The second kappa shape index (κ2) is 53.3. The molecule has 1 atom stereocenters. The number of hydrogen-bond donors (Lipinski definition) is 5. The second-order valence-electron chi connectivity index (χ2n) is 20.3. The lowest BCUT2D eigenvalue weighted by Crippen LogP contribution is -2.29. The van der Waals surface area contributed by atoms with E-state index in [2.05, 4.69) is 19.5 Å². The van der Waals surface area contributed by atoms with Crippen molar-refractivity contribution in [2.45, 2.75) is 103 Å². The monoisotopic (exact) mass is 1340 g/mol. The van der Waals surface area contributed by atoms with Crippen molar-refractivity contribution in [1.82, 2.24) is 5.32 Å². The molecule has 5 N–H and O–H groups in total. The number of alkyl halides is 1. The largest absolute Gasteiger partial charge is 0.481 e. The standard InChI is InChI=1S/C13H17NO3.C12H14O3.C11H12O3.C10H11FO2.2C10H10O3.C9H10O3/c1-17-13(16)10-14-12(15)9-5-8-11-6-3-2-4-7-11;1-2-15-12(14)11(13)9-8-10-6-4-3-5-7-10;1-14-11(13)8-7-10(12)9-5-3-2-4-6-9;11-9(7-10(12)13)6-8-4-2-1-3-5-8;11-9(6-7-10(12)13)8-4-2-1-3-5-8;11-9(10(12)13)7-6-8-4-2-1-3-5-8;10-9(11)7-12-6-8-4-2-1-3-5-8/h2-4,6-7H,5,8-10H2,1H3,(H,14,15);3-7H,2,8-9H2,1H3;2-6H,7-8H2,1H3;1-5,9H,6-7H2,(H,12,13);2*1-5H,6-7H2,(H,12,13);1-5H,6-7H2,(H,10,11). The number of carboxylic acid groups (broad SMARTS) is 4. The molecule has 0 saturated carbocycles. The summed E-state index contributed by atoms with van der Waals surface area (Å²) in [4.78, 5) is 129. The Balaban J connectivity index is 0.000000567. The first-order valence-electron chi connectivity index (χ1n) is 30.7. The Morgan fingerprint density at radius 3 is 1.21 bits per heavy atom. The van der Waals surface area contributed by atoms with E-state index in [9.17, 15) is 61.9 Å². The van der Waals surface area contributed by atoms with E-state index in [1.165, 1.54) is 19.8 Å². The maximum Gasteiger partial charge on any atom is 0.374 e. The average molecular weight is 1340 g/mol. The van der Waals surface area contributed by atoms with Gasteiger partial charge in [-0.15, -0.1) is 0 Å². The van der Waals surface area contributed by atoms with Crippen LogP contribution >= 0.6 is 0 Å². The zero-order chi connectivity index (χ0) is 71.9. The number of amides is 1. The van der Waals surface area contributed by atoms with Crippen molar-refractivity contribution in [3.05, 3.63) is 251 Å². The number of aliphatic carboxylic acids is 4. The number of nitrogens with one attached hydrogen (secondary N) is 1. The number of esters is 3. The predicted octanol–water partition coefficient (Wildman–Crippen LogP) is 11.2. The number of halogens is 1. The Hall–Kier alpha value is -11.1. The minimum Gasteiger partial charge on any atom is -0.481 e. The van der Waals surface area contributed by atoms with Crippen LogP contribution in [0.1, 0.15) is 113 Å². The molecule has 1 unspecified atom stereocenters. The molecule has 7 aromatic carbocycles. The fourth-order valence-corrected chi connectivity index (χ4v) is 7.69. The Kier molecular flexibility index (Phi) is 46.1. The van der Waals surface area contributed by atoms with Crippen molar-refractivity contribution in [3.63, 3.8) is 0 Å². The van der Waals surface area contributed by atoms with Gasteiger partial charge in [0, 0.05) is 49.7 Å². The first kappa shape index (κ1) is 83.9. The smallest absolute Gasteiger partial charge is 0.374 e. The molecule has 0 heterocycles. The minimum absolute atomic E-state index is 0.0315. The van der Waals surface area contributed by atoms with Gasteiger partial charge in [-0.2, -0.15) is 0 Å². The summed E-state index contributed by atoms with van der Waals surface area (Å²) in [6.45, 7) is 1.99. The molecule has 0 fully saturated rings. The van der Waals surface area contributed by atoms with Gasteiger partial charge < -0.3 is 44.7 Å². The molecule has 0 aliphatic rings. The molecular weight excluding hydrogens is 1250 g/mol. The molecule has 0 bridgehead atoms. The Labute approximate surface area is 563 Å². The van der Waals surface area contributed by atoms with E-state index in [1.807, 2.05) is 152 Å². The van der Waals surface area contributed by atoms with Crippen molar-refractivity contribution in [1.29, 1.82) is 0 Å². The van der Waals surface area contributed by atoms with Crippen molar-refractivity contribution in [2.75, 3.05) is 34.0 Å². The highest BCUT2D eigenvalue weighted by Gasteiger charge is 2.15. The van der Waals surface area contributed by atoms with E-state index >= 15 is 0 Å². The topological polar surface area (TPSA) is 335 Å². The highest BCUT2D eigenvalue weighted by Crippen LogP contribution is 2.11. The second-order valence-corrected chi connectivity index (χ2v) is 20.3. The Morgan fingerprint density at radius 2 is 0.814 bits per heavy atom. The molecule has 516 valence electrons. The van der Waals surface area contributed by atoms with Crippen LogP contribution in [-0.4, -0.2) is 131 Å². The van der Waals surface area contributed by atoms with Crippen LogP contribution in [0.15, 0.2) is 212 Å². The zero-order valence-electron chi connectivity index (χ0n) is 54.5. The molecule has 0 saturated heterocycles. The van der Waals surface area contributed by atoms with Crippen LogP contribution in [0.25, 0.3) is 0 Å². The van der Waals surface area contributed by atoms with Gasteiger partial charge in [-0.3, -0.25) is 43.2 Å². The number of Topliss-reactive ketones (excluding diaryl/α,β-unsaturated/α-hetero) is 4. The lowest BCUT2D eigenvalue weighted by atomic mass is 10.1. The summed E-state index contributed by atoms with van der Waals surface area (Å²) < 4.78 is 31.3. The van der Waals surface area contributed by atoms with Gasteiger partial charge in [-0.05, 0) is 60.4 Å². The van der Waals surface area contributed by atoms with Gasteiger partial charge in [0.15, 0.2) is 11.6 Å². The lowest BCUT2D eigenvalue weighted by Gasteiger charge is -2.04. The van der Waals surface area contributed by atoms with Crippen molar-refractivity contribution in [2.24, 2.45) is 0 Å². The summed E-state index contributed by atoms with van der Waals surface area (Å²) in [7, 11) is 2.61. The fourth-order valence-electron chi connectivity index (χ4n) is 7.69. The predicted molar refractivity (Wildman–Crippen MR) is 359 cm³/mol. The number of carbonyl (C=O) groups excluding carboxylic acids is 8. The van der Waals surface area contributed by atoms with Gasteiger partial charge >= 0.3 is 41.8 Å². The van der Waals surface area contributed by atoms with Crippen LogP contribution in [-0.2, 0) is 99.2 Å². The molecular formula is C75H84FNO20. The molecule has 0 aliphatic heterocycles. The highest BCUT2D eigenvalue weighted by atomic mass is 19.1. The first-order valence-corrected chi connectivity index (χ1v) is 30.7. The van der Waals surface area contributed by atoms with Crippen LogP contribution in [0.4, 0.5) is 4.39 Å². The zero-order valence-corrected chi connectivity index (χ0v) is 54.5. The summed E-state index contributed by atoms with van der Waals surface area (Å²) in [5, 5.41) is 35.8. The van der Waals surface area contributed by atoms with Gasteiger partial charge in [0.1, 0.15) is 19.3 Å². The molecule has 22 heteroatoms. The molecule has 1 amide bonds. The minimum atomic E-state index is -1.35. The van der Waals surface area contributed by atoms with Gasteiger partial charge in [0.2, 0.25) is 17.5 Å². The van der Waals surface area contributed by atoms with Gasteiger partial charge in [0.05, 0.1) is 46.7 Å². The number of benzene rings is 7. The molecule has 0 aromatic heterocycles. The van der Waals surface area contributed by atoms with Crippen LogP contribution < -0.4 is 5.32 Å². The van der Waals surface area contributed by atoms with E-state index in [4.69, 9.17) is 25.2 Å². The average Bonchev–Trinajstić information content (AvgIpc) is 3.30. The SMILES string of the molecule is CCOC(=O)C(=O)CCc1ccccc1.COC(=O)CCC(=O)c1ccccc1.COC(=O)CNC(=O)CCCc1ccccc1.O=C(O)C(=O)CCc1ccccc1.O=C(O)CC(F)Cc1ccccc1.O=C(O)CCC(=O)c1ccccc1.O=C(O)COCc1ccccc1. The van der Waals surface area contributed by atoms with Crippen molar-refractivity contribution < 1.29 is 101 Å². The van der Waals surface area contributed by atoms with Gasteiger partial charge in [-0.25, -0.2) is 18.8 Å². The molecule has 0 radical (unpaired) electrons. The number of carbonyl (C=O) groups is 12. The lowest BCUT2D eigenvalue weighted by molar-refractivity contribution is -0.153. The number of ether oxygens (including phenoxy) is 4. The number of aryl methyl sites for hydroxylation is 3. The fraction of sp³-hybridized carbons (Fsp3) is 0.280. The molecule has 0 spiro atoms. The first-order chi connectivity index (χ1) is 46.6. The number of ketones is 4. The summed E-state index contributed by atoms with van der Waals surface area (Å²) >= 11 is 0. The molecule has 0 aliphatic carbocycles. The third-order valence-electron chi connectivity index (χ3n) is 12.7. The van der Waals surface area contributed by atoms with Crippen LogP contribution in [0.3, 0.4) is 0 Å². The maximum atomic E-state index is 13.0. The van der Waals surface area contributed by atoms with Crippen LogP contribution in [0.2, 0.25) is 0 Å². The van der Waals surface area contributed by atoms with Gasteiger partial charge in [-0.1, -0.05) is 212 Å². The third-order valence-corrected chi connectivity index (χ3v) is 12.7. The quantitative estimate of drug-likeness (QED) is 0.0117. The Bertz CT molecular complexity index is 3410. The van der Waals surface area contributed by atoms with Crippen LogP contribution in [0, 0.1) is 0 Å². The molecule has 7 aromatic rings. The molecule has 21 nitrogen and oxygen atoms in total. The summed E-state index contributed by atoms with van der Waals surface area (Å²) in [5.74, 6) is -7.30. The number of rotatable bonds is 31. The van der Waals surface area contributed by atoms with E-state index in [0.29, 0.717) is 37.0 Å². The summed E-state index contributed by atoms with van der Waals surface area (Å²) in [5.41, 5.74) is 6.27. The van der Waals surface area contributed by atoms with E-state index in [0.717, 1.165) is 35.1 Å². The molecule has 97 heavy (non-hydrogen) atoms. The van der Waals surface area contributed by atoms with Crippen LogP contribution in [0.5, 0.6) is 0 Å². The van der Waals surface area contributed by atoms with Gasteiger partial charge in [0.25, 0.3) is 0 Å². The Morgan fingerprint density at radius 1 is 0.423 bits per heavy atom. The van der Waals surface area contributed by atoms with Crippen molar-refractivity contribution in [3.8, 4) is 0 Å². The normalized spacial score (nSPS) is 9.98. The van der Waals surface area contributed by atoms with E-state index < -0.39 is 60.0 Å². The van der Waals surface area contributed by atoms with E-state index in [1.54, 1.807) is 67.6 Å². The van der Waals surface area contributed by atoms with E-state index in [-0.39, 0.29) is 88.1 Å². The third kappa shape index (κ3) is 45.8. The number of methoxy groups -OCH3 is 2. The number of hydrogen-bond acceptors (Lipinski definition) is 16.